The minimum atomic E-state index is -3.75. The number of nitrogens with one attached hydrogen (secondary N) is 1. The van der Waals surface area contributed by atoms with Gasteiger partial charge in [0.15, 0.2) is 11.5 Å². The summed E-state index contributed by atoms with van der Waals surface area (Å²) in [7, 11) is -0.720. The molecule has 7 nitrogen and oxygen atoms in total. The molecule has 0 saturated heterocycles. The van der Waals surface area contributed by atoms with Crippen LogP contribution in [0.5, 0.6) is 11.5 Å². The van der Waals surface area contributed by atoms with Crippen LogP contribution in [0.3, 0.4) is 0 Å². The first kappa shape index (κ1) is 20.7. The van der Waals surface area contributed by atoms with Gasteiger partial charge in [0.25, 0.3) is 10.0 Å². The minimum absolute atomic E-state index is 0.179. The molecule has 1 N–H and O–H groups in total. The Morgan fingerprint density at radius 1 is 0.935 bits per heavy atom. The average molecular weight is 438 g/mol. The molecule has 0 amide bonds. The van der Waals surface area contributed by atoms with Crippen LogP contribution in [0.15, 0.2) is 71.6 Å². The van der Waals surface area contributed by atoms with Gasteiger partial charge < -0.3 is 14.0 Å². The third-order valence-corrected chi connectivity index (χ3v) is 6.45. The van der Waals surface area contributed by atoms with Crippen LogP contribution in [-0.2, 0) is 16.6 Å². The molecule has 8 heteroatoms. The Hall–Kier alpha value is -3.52. The number of anilines is 1. The Kier molecular flexibility index (Phi) is 5.56. The maximum absolute atomic E-state index is 12.8. The maximum Gasteiger partial charge on any atom is 0.261 e. The number of sulfonamides is 1. The molecule has 4 aromatic rings. The van der Waals surface area contributed by atoms with Gasteiger partial charge in [-0.2, -0.15) is 0 Å². The summed E-state index contributed by atoms with van der Waals surface area (Å²) in [6.45, 7) is 2.57. The molecule has 0 bridgehead atoms. The third-order valence-electron chi connectivity index (χ3n) is 5.06. The molecule has 4 rings (SSSR count). The fourth-order valence-electron chi connectivity index (χ4n) is 3.47. The number of benzene rings is 3. The summed E-state index contributed by atoms with van der Waals surface area (Å²) < 4.78 is 40.7. The summed E-state index contributed by atoms with van der Waals surface area (Å²) >= 11 is 0. The zero-order valence-corrected chi connectivity index (χ0v) is 18.3. The number of hydrogen-bond donors (Lipinski definition) is 1. The monoisotopic (exact) mass is 437 g/mol. The maximum atomic E-state index is 12.8. The van der Waals surface area contributed by atoms with Crippen LogP contribution in [0.25, 0.3) is 11.0 Å². The molecule has 0 aliphatic carbocycles. The normalized spacial score (nSPS) is 11.5. The first-order valence-electron chi connectivity index (χ1n) is 9.67. The van der Waals surface area contributed by atoms with Crippen molar-refractivity contribution in [2.45, 2.75) is 18.4 Å². The number of nitrogens with zero attached hydrogens (tertiary/aromatic N) is 2. The summed E-state index contributed by atoms with van der Waals surface area (Å²) in [4.78, 5) is 4.76. The third kappa shape index (κ3) is 4.20. The largest absolute Gasteiger partial charge is 0.493 e. The Labute approximate surface area is 181 Å². The van der Waals surface area contributed by atoms with Crippen LogP contribution in [0.4, 0.5) is 5.69 Å². The molecule has 0 spiro atoms. The van der Waals surface area contributed by atoms with Crippen LogP contribution < -0.4 is 14.2 Å². The number of aryl methyl sites for hydroxylation is 1. The molecule has 3 aromatic carbocycles. The fraction of sp³-hybridized carbons (Fsp3) is 0.174. The SMILES string of the molecule is COc1ccc(NS(=O)(=O)c2ccc(Cn3c(C)nc4ccccc43)cc2)cc1OC. The summed E-state index contributed by atoms with van der Waals surface area (Å²) in [5, 5.41) is 0. The van der Waals surface area contributed by atoms with Gasteiger partial charge in [-0.15, -0.1) is 0 Å². The van der Waals surface area contributed by atoms with Gasteiger partial charge in [-0.3, -0.25) is 4.72 Å². The van der Waals surface area contributed by atoms with Gasteiger partial charge in [-0.05, 0) is 48.9 Å². The second kappa shape index (κ2) is 8.31. The van der Waals surface area contributed by atoms with Crippen molar-refractivity contribution in [3.63, 3.8) is 0 Å². The zero-order chi connectivity index (χ0) is 22.0. The van der Waals surface area contributed by atoms with E-state index >= 15 is 0 Å². The van der Waals surface area contributed by atoms with Crippen molar-refractivity contribution in [1.82, 2.24) is 9.55 Å². The van der Waals surface area contributed by atoms with Gasteiger partial charge in [0, 0.05) is 12.6 Å². The van der Waals surface area contributed by atoms with E-state index in [1.165, 1.54) is 14.2 Å². The number of aromatic nitrogens is 2. The first-order chi connectivity index (χ1) is 14.9. The van der Waals surface area contributed by atoms with Crippen LogP contribution in [0.2, 0.25) is 0 Å². The van der Waals surface area contributed by atoms with Gasteiger partial charge in [0.2, 0.25) is 0 Å². The number of ether oxygens (including phenoxy) is 2. The molecule has 0 aliphatic heterocycles. The van der Waals surface area contributed by atoms with E-state index in [9.17, 15) is 8.42 Å². The van der Waals surface area contributed by atoms with Gasteiger partial charge in [-0.1, -0.05) is 24.3 Å². The lowest BCUT2D eigenvalue weighted by molar-refractivity contribution is 0.355. The topological polar surface area (TPSA) is 82.5 Å². The van der Waals surface area contributed by atoms with Crippen molar-refractivity contribution in [3.05, 3.63) is 78.1 Å². The molecule has 0 unspecified atom stereocenters. The summed E-state index contributed by atoms with van der Waals surface area (Å²) in [5.74, 6) is 1.88. The molecule has 31 heavy (non-hydrogen) atoms. The molecule has 0 atom stereocenters. The molecule has 0 aliphatic rings. The standard InChI is InChI=1S/C23H23N3O4S/c1-16-24-20-6-4-5-7-21(20)26(16)15-17-8-11-19(12-9-17)31(27,28)25-18-10-13-22(29-2)23(14-18)30-3/h4-14,25H,15H2,1-3H3. The second-order valence-electron chi connectivity index (χ2n) is 7.05. The van der Waals surface area contributed by atoms with E-state index in [0.29, 0.717) is 23.7 Å². The van der Waals surface area contributed by atoms with Crippen molar-refractivity contribution in [3.8, 4) is 11.5 Å². The lowest BCUT2D eigenvalue weighted by Gasteiger charge is -2.12. The Morgan fingerprint density at radius 2 is 1.65 bits per heavy atom. The minimum Gasteiger partial charge on any atom is -0.493 e. The fourth-order valence-corrected chi connectivity index (χ4v) is 4.52. The van der Waals surface area contributed by atoms with E-state index < -0.39 is 10.0 Å². The quantitative estimate of drug-likeness (QED) is 0.468. The highest BCUT2D eigenvalue weighted by atomic mass is 32.2. The number of para-hydroxylation sites is 2. The lowest BCUT2D eigenvalue weighted by atomic mass is 10.2. The van der Waals surface area contributed by atoms with E-state index in [0.717, 1.165) is 22.4 Å². The van der Waals surface area contributed by atoms with E-state index in [1.807, 2.05) is 43.3 Å². The number of hydrogen-bond acceptors (Lipinski definition) is 5. The summed E-state index contributed by atoms with van der Waals surface area (Å²) in [6, 6.07) is 19.7. The van der Waals surface area contributed by atoms with Crippen molar-refractivity contribution in [2.75, 3.05) is 18.9 Å². The van der Waals surface area contributed by atoms with Gasteiger partial charge in [0.1, 0.15) is 5.82 Å². The van der Waals surface area contributed by atoms with E-state index in [4.69, 9.17) is 9.47 Å². The van der Waals surface area contributed by atoms with Crippen molar-refractivity contribution >= 4 is 26.7 Å². The van der Waals surface area contributed by atoms with Gasteiger partial charge in [0.05, 0.1) is 35.8 Å². The molecular weight excluding hydrogens is 414 g/mol. The number of rotatable bonds is 7. The Morgan fingerprint density at radius 3 is 2.35 bits per heavy atom. The van der Waals surface area contributed by atoms with E-state index in [2.05, 4.69) is 14.3 Å². The Balaban J connectivity index is 1.55. The van der Waals surface area contributed by atoms with Gasteiger partial charge >= 0.3 is 0 Å². The van der Waals surface area contributed by atoms with Crippen molar-refractivity contribution < 1.29 is 17.9 Å². The Bertz CT molecular complexity index is 1330. The van der Waals surface area contributed by atoms with Crippen LogP contribution in [-0.4, -0.2) is 32.2 Å². The summed E-state index contributed by atoms with van der Waals surface area (Å²) in [6.07, 6.45) is 0. The van der Waals surface area contributed by atoms with Crippen LogP contribution >= 0.6 is 0 Å². The number of imidazole rings is 1. The van der Waals surface area contributed by atoms with Crippen LogP contribution in [0, 0.1) is 6.92 Å². The smallest absolute Gasteiger partial charge is 0.261 e. The molecule has 1 aromatic heterocycles. The summed E-state index contributed by atoms with van der Waals surface area (Å²) in [5.41, 5.74) is 3.36. The van der Waals surface area contributed by atoms with E-state index in [-0.39, 0.29) is 4.90 Å². The zero-order valence-electron chi connectivity index (χ0n) is 17.5. The number of methoxy groups -OCH3 is 2. The molecular formula is C23H23N3O4S. The van der Waals surface area contributed by atoms with Crippen molar-refractivity contribution in [2.24, 2.45) is 0 Å². The second-order valence-corrected chi connectivity index (χ2v) is 8.74. The number of fused-ring (bicyclic) bond motifs is 1. The lowest BCUT2D eigenvalue weighted by Crippen LogP contribution is -2.13. The molecule has 0 fully saturated rings. The highest BCUT2D eigenvalue weighted by Crippen LogP contribution is 2.30. The highest BCUT2D eigenvalue weighted by Gasteiger charge is 2.16. The average Bonchev–Trinajstić information content (AvgIpc) is 3.09. The molecule has 0 radical (unpaired) electrons. The predicted octanol–water partition coefficient (Wildman–Crippen LogP) is 4.21. The van der Waals surface area contributed by atoms with Crippen molar-refractivity contribution in [1.29, 1.82) is 0 Å². The van der Waals surface area contributed by atoms with Crippen LogP contribution in [0.1, 0.15) is 11.4 Å². The first-order valence-corrected chi connectivity index (χ1v) is 11.2. The van der Waals surface area contributed by atoms with Gasteiger partial charge in [-0.25, -0.2) is 13.4 Å². The predicted molar refractivity (Wildman–Crippen MR) is 120 cm³/mol. The molecule has 160 valence electrons. The molecule has 1 heterocycles. The highest BCUT2D eigenvalue weighted by molar-refractivity contribution is 7.92. The molecule has 0 saturated carbocycles. The van der Waals surface area contributed by atoms with E-state index in [1.54, 1.807) is 30.3 Å².